The molecule has 0 bridgehead atoms. The fourth-order valence-corrected chi connectivity index (χ4v) is 2.33. The van der Waals surface area contributed by atoms with E-state index in [0.29, 0.717) is 13.1 Å². The van der Waals surface area contributed by atoms with Gasteiger partial charge in [-0.1, -0.05) is 12.1 Å². The zero-order chi connectivity index (χ0) is 12.1. The Morgan fingerprint density at radius 1 is 1.35 bits per heavy atom. The Bertz CT molecular complexity index is 456. The fourth-order valence-electron chi connectivity index (χ4n) is 1.62. The number of pyridine rings is 1. The van der Waals surface area contributed by atoms with E-state index in [2.05, 4.69) is 10.3 Å². The summed E-state index contributed by atoms with van der Waals surface area (Å²) >= 11 is 1.57. The van der Waals surface area contributed by atoms with Gasteiger partial charge >= 0.3 is 0 Å². The molecule has 4 heteroatoms. The van der Waals surface area contributed by atoms with Gasteiger partial charge in [0.25, 0.3) is 0 Å². The minimum Gasteiger partial charge on any atom is -0.386 e. The highest BCUT2D eigenvalue weighted by Crippen LogP contribution is 2.17. The van der Waals surface area contributed by atoms with Crippen LogP contribution in [-0.4, -0.2) is 16.6 Å². The van der Waals surface area contributed by atoms with E-state index in [1.54, 1.807) is 11.3 Å². The Hall–Kier alpha value is -1.23. The number of thiophene rings is 1. The van der Waals surface area contributed by atoms with E-state index in [-0.39, 0.29) is 0 Å². The normalized spacial score (nSPS) is 12.6. The van der Waals surface area contributed by atoms with Gasteiger partial charge in [0.15, 0.2) is 0 Å². The van der Waals surface area contributed by atoms with Gasteiger partial charge in [-0.3, -0.25) is 4.98 Å². The number of aromatic nitrogens is 1. The summed E-state index contributed by atoms with van der Waals surface area (Å²) in [7, 11) is 0. The highest BCUT2D eigenvalue weighted by molar-refractivity contribution is 7.10. The molecule has 0 amide bonds. The summed E-state index contributed by atoms with van der Waals surface area (Å²) in [5.74, 6) is 0. The molecule has 90 valence electrons. The van der Waals surface area contributed by atoms with E-state index in [0.717, 1.165) is 16.3 Å². The SMILES string of the molecule is Cc1cccc(CNCC(O)c2cccs2)n1. The van der Waals surface area contributed by atoms with Crippen molar-refractivity contribution >= 4 is 11.3 Å². The molecule has 0 fully saturated rings. The van der Waals surface area contributed by atoms with Crippen LogP contribution in [0.5, 0.6) is 0 Å². The number of hydrogen-bond acceptors (Lipinski definition) is 4. The van der Waals surface area contributed by atoms with Crippen molar-refractivity contribution in [1.82, 2.24) is 10.3 Å². The van der Waals surface area contributed by atoms with E-state index in [9.17, 15) is 5.11 Å². The van der Waals surface area contributed by atoms with Crippen LogP contribution in [-0.2, 0) is 6.54 Å². The first-order chi connectivity index (χ1) is 8.25. The molecule has 2 aromatic rings. The Labute approximate surface area is 105 Å². The molecule has 0 radical (unpaired) electrons. The average Bonchev–Trinajstić information content (AvgIpc) is 2.82. The van der Waals surface area contributed by atoms with Crippen LogP contribution in [0.3, 0.4) is 0 Å². The Morgan fingerprint density at radius 2 is 2.24 bits per heavy atom. The van der Waals surface area contributed by atoms with Crippen LogP contribution >= 0.6 is 11.3 Å². The van der Waals surface area contributed by atoms with Crippen molar-refractivity contribution in [3.8, 4) is 0 Å². The van der Waals surface area contributed by atoms with Crippen LogP contribution in [0.4, 0.5) is 0 Å². The highest BCUT2D eigenvalue weighted by Gasteiger charge is 2.07. The number of hydrogen-bond donors (Lipinski definition) is 2. The summed E-state index contributed by atoms with van der Waals surface area (Å²) in [4.78, 5) is 5.39. The third-order valence-corrected chi connectivity index (χ3v) is 3.43. The largest absolute Gasteiger partial charge is 0.386 e. The first-order valence-corrected chi connectivity index (χ1v) is 6.48. The van der Waals surface area contributed by atoms with Gasteiger partial charge in [0.2, 0.25) is 0 Å². The van der Waals surface area contributed by atoms with E-state index < -0.39 is 6.10 Å². The number of aliphatic hydroxyl groups excluding tert-OH is 1. The lowest BCUT2D eigenvalue weighted by molar-refractivity contribution is 0.178. The van der Waals surface area contributed by atoms with Crippen molar-refractivity contribution in [2.24, 2.45) is 0 Å². The standard InChI is InChI=1S/C13H16N2OS/c1-10-4-2-5-11(15-10)8-14-9-12(16)13-6-3-7-17-13/h2-7,12,14,16H,8-9H2,1H3. The van der Waals surface area contributed by atoms with Crippen LogP contribution in [0.15, 0.2) is 35.7 Å². The second kappa shape index (κ2) is 5.91. The summed E-state index contributed by atoms with van der Waals surface area (Å²) < 4.78 is 0. The van der Waals surface area contributed by atoms with Crippen molar-refractivity contribution in [2.45, 2.75) is 19.6 Å². The topological polar surface area (TPSA) is 45.1 Å². The maximum atomic E-state index is 9.87. The molecular formula is C13H16N2OS. The molecule has 2 N–H and O–H groups in total. The zero-order valence-electron chi connectivity index (χ0n) is 9.76. The molecule has 0 saturated heterocycles. The van der Waals surface area contributed by atoms with Gasteiger partial charge in [0.1, 0.15) is 6.10 Å². The average molecular weight is 248 g/mol. The van der Waals surface area contributed by atoms with Gasteiger partial charge in [0, 0.05) is 23.7 Å². The van der Waals surface area contributed by atoms with Gasteiger partial charge in [-0.05, 0) is 30.5 Å². The Kier molecular flexibility index (Phi) is 4.25. The molecular weight excluding hydrogens is 232 g/mol. The summed E-state index contributed by atoms with van der Waals surface area (Å²) in [6.07, 6.45) is -0.431. The van der Waals surface area contributed by atoms with Crippen molar-refractivity contribution in [3.05, 3.63) is 52.0 Å². The quantitative estimate of drug-likeness (QED) is 0.853. The fraction of sp³-hybridized carbons (Fsp3) is 0.308. The van der Waals surface area contributed by atoms with Gasteiger partial charge in [-0.2, -0.15) is 0 Å². The summed E-state index contributed by atoms with van der Waals surface area (Å²) in [5.41, 5.74) is 2.02. The molecule has 0 aromatic carbocycles. The van der Waals surface area contributed by atoms with Crippen molar-refractivity contribution in [2.75, 3.05) is 6.54 Å². The number of nitrogens with one attached hydrogen (secondary N) is 1. The maximum absolute atomic E-state index is 9.87. The third kappa shape index (κ3) is 3.63. The van der Waals surface area contributed by atoms with Gasteiger partial charge in [-0.25, -0.2) is 0 Å². The molecule has 1 atom stereocenters. The predicted molar refractivity (Wildman–Crippen MR) is 70.0 cm³/mol. The molecule has 0 aliphatic carbocycles. The first kappa shape index (κ1) is 12.2. The number of aryl methyl sites for hydroxylation is 1. The minimum atomic E-state index is -0.431. The number of aliphatic hydroxyl groups is 1. The Balaban J connectivity index is 1.80. The molecule has 2 heterocycles. The van der Waals surface area contributed by atoms with Crippen LogP contribution in [0, 0.1) is 6.92 Å². The van der Waals surface area contributed by atoms with Crippen LogP contribution in [0.2, 0.25) is 0 Å². The van der Waals surface area contributed by atoms with E-state index >= 15 is 0 Å². The van der Waals surface area contributed by atoms with Crippen molar-refractivity contribution < 1.29 is 5.11 Å². The zero-order valence-corrected chi connectivity index (χ0v) is 10.6. The molecule has 2 rings (SSSR count). The van der Waals surface area contributed by atoms with Crippen molar-refractivity contribution in [3.63, 3.8) is 0 Å². The maximum Gasteiger partial charge on any atom is 0.101 e. The smallest absolute Gasteiger partial charge is 0.101 e. The van der Waals surface area contributed by atoms with Crippen LogP contribution in [0.1, 0.15) is 22.4 Å². The predicted octanol–water partition coefficient (Wildman–Crippen LogP) is 2.27. The van der Waals surface area contributed by atoms with Gasteiger partial charge in [0.05, 0.1) is 5.69 Å². The third-order valence-electron chi connectivity index (χ3n) is 2.46. The number of rotatable bonds is 5. The van der Waals surface area contributed by atoms with E-state index in [4.69, 9.17) is 0 Å². The molecule has 2 aromatic heterocycles. The summed E-state index contributed by atoms with van der Waals surface area (Å²) in [5, 5.41) is 15.1. The molecule has 0 spiro atoms. The molecule has 0 aliphatic rings. The first-order valence-electron chi connectivity index (χ1n) is 5.60. The van der Waals surface area contributed by atoms with E-state index in [1.807, 2.05) is 42.6 Å². The molecule has 3 nitrogen and oxygen atoms in total. The Morgan fingerprint density at radius 3 is 2.94 bits per heavy atom. The molecule has 0 saturated carbocycles. The second-order valence-corrected chi connectivity index (χ2v) is 4.91. The molecule has 17 heavy (non-hydrogen) atoms. The monoisotopic (exact) mass is 248 g/mol. The van der Waals surface area contributed by atoms with Gasteiger partial charge in [-0.15, -0.1) is 11.3 Å². The number of nitrogens with zero attached hydrogens (tertiary/aromatic N) is 1. The van der Waals surface area contributed by atoms with Gasteiger partial charge < -0.3 is 10.4 Å². The lowest BCUT2D eigenvalue weighted by atomic mass is 10.2. The van der Waals surface area contributed by atoms with Crippen molar-refractivity contribution in [1.29, 1.82) is 0 Å². The van der Waals surface area contributed by atoms with E-state index in [1.165, 1.54) is 0 Å². The minimum absolute atomic E-state index is 0.431. The summed E-state index contributed by atoms with van der Waals surface area (Å²) in [6.45, 7) is 3.21. The second-order valence-electron chi connectivity index (χ2n) is 3.93. The lowest BCUT2D eigenvalue weighted by Crippen LogP contribution is -2.21. The molecule has 0 aliphatic heterocycles. The summed E-state index contributed by atoms with van der Waals surface area (Å²) in [6, 6.07) is 9.85. The van der Waals surface area contributed by atoms with Crippen LogP contribution in [0.25, 0.3) is 0 Å². The molecule has 1 unspecified atom stereocenters. The van der Waals surface area contributed by atoms with Crippen LogP contribution < -0.4 is 5.32 Å². The highest BCUT2D eigenvalue weighted by atomic mass is 32.1. The lowest BCUT2D eigenvalue weighted by Gasteiger charge is -2.09.